The van der Waals surface area contributed by atoms with Crippen LogP contribution < -0.4 is 10.1 Å². The van der Waals surface area contributed by atoms with Crippen molar-refractivity contribution in [3.05, 3.63) is 36.4 Å². The Morgan fingerprint density at radius 1 is 1.26 bits per heavy atom. The Kier molecular flexibility index (Phi) is 4.73. The van der Waals surface area contributed by atoms with Gasteiger partial charge in [0.15, 0.2) is 0 Å². The predicted octanol–water partition coefficient (Wildman–Crippen LogP) is 2.69. The monoisotopic (exact) mass is 385 g/mol. The Morgan fingerprint density at radius 2 is 2.15 bits per heavy atom. The largest absolute Gasteiger partial charge is 0.474 e. The second-order valence-corrected chi connectivity index (χ2v) is 6.75. The Balaban J connectivity index is 1.76. The molecule has 4 aromatic rings. The summed E-state index contributed by atoms with van der Waals surface area (Å²) in [7, 11) is 3.51. The van der Waals surface area contributed by atoms with Gasteiger partial charge in [0.2, 0.25) is 11.8 Å². The lowest BCUT2D eigenvalue weighted by Crippen LogP contribution is -2.08. The van der Waals surface area contributed by atoms with Crippen LogP contribution in [0.3, 0.4) is 0 Å². The van der Waals surface area contributed by atoms with E-state index < -0.39 is 0 Å². The Labute approximate surface area is 159 Å². The summed E-state index contributed by atoms with van der Waals surface area (Å²) in [4.78, 5) is 9.19. The zero-order chi connectivity index (χ0) is 18.8. The number of rotatable bonds is 7. The minimum atomic E-state index is 0.389. The van der Waals surface area contributed by atoms with E-state index in [0.29, 0.717) is 25.0 Å². The minimum Gasteiger partial charge on any atom is -0.474 e. The van der Waals surface area contributed by atoms with Crippen LogP contribution in [-0.2, 0) is 11.8 Å². The van der Waals surface area contributed by atoms with E-state index in [1.165, 1.54) is 11.5 Å². The van der Waals surface area contributed by atoms with Gasteiger partial charge in [-0.3, -0.25) is 4.68 Å². The second kappa shape index (κ2) is 7.33. The van der Waals surface area contributed by atoms with E-state index in [-0.39, 0.29) is 0 Å². The van der Waals surface area contributed by atoms with Crippen LogP contribution in [0.4, 0.5) is 10.9 Å². The summed E-state index contributed by atoms with van der Waals surface area (Å²) in [5.74, 6) is 0.942. The number of anilines is 2. The first kappa shape index (κ1) is 17.4. The van der Waals surface area contributed by atoms with Gasteiger partial charge in [-0.1, -0.05) is 0 Å². The summed E-state index contributed by atoms with van der Waals surface area (Å²) in [5.41, 5.74) is 3.41. The van der Waals surface area contributed by atoms with Crippen LogP contribution in [0.25, 0.3) is 16.7 Å². The molecule has 0 spiro atoms. The van der Waals surface area contributed by atoms with Gasteiger partial charge in [0.05, 0.1) is 29.7 Å². The number of nitrogens with one attached hydrogen (secondary N) is 1. The van der Waals surface area contributed by atoms with Crippen LogP contribution in [0, 0.1) is 6.92 Å². The molecule has 0 bridgehead atoms. The molecule has 4 rings (SSSR count). The van der Waals surface area contributed by atoms with Gasteiger partial charge in [-0.25, -0.2) is 4.98 Å². The molecule has 4 aromatic heterocycles. The molecule has 9 nitrogen and oxygen atoms in total. The van der Waals surface area contributed by atoms with Gasteiger partial charge >= 0.3 is 0 Å². The fraction of sp³-hybridized carbons (Fsp3) is 0.294. The molecule has 0 saturated carbocycles. The van der Waals surface area contributed by atoms with Crippen LogP contribution in [0.15, 0.2) is 30.7 Å². The molecule has 0 saturated heterocycles. The molecular formula is C17H19N7O2S. The average Bonchev–Trinajstić information content (AvgIpc) is 3.35. The highest BCUT2D eigenvalue weighted by molar-refractivity contribution is 7.10. The highest BCUT2D eigenvalue weighted by Crippen LogP contribution is 2.29. The molecule has 0 amide bonds. The van der Waals surface area contributed by atoms with E-state index in [1.54, 1.807) is 18.0 Å². The molecular weight excluding hydrogens is 366 g/mol. The number of hydrogen-bond acceptors (Lipinski definition) is 8. The molecule has 0 aliphatic rings. The van der Waals surface area contributed by atoms with Gasteiger partial charge < -0.3 is 19.4 Å². The van der Waals surface area contributed by atoms with Gasteiger partial charge in [-0.2, -0.15) is 14.5 Å². The standard InChI is InChI=1S/C17H19N7O2S/c1-11-8-14(27-22-11)20-17-19-13-4-5-24(12-9-18-23(2)10-12)15(13)16(21-17)26-7-6-25-3/h4-5,8-10H,6-7H2,1-3H3,(H,19,20,21). The first-order valence-electron chi connectivity index (χ1n) is 8.34. The Bertz CT molecular complexity index is 1070. The number of nitrogens with zero attached hydrogens (tertiary/aromatic N) is 6. The van der Waals surface area contributed by atoms with Gasteiger partial charge in [0.25, 0.3) is 0 Å². The van der Waals surface area contributed by atoms with Crippen LogP contribution in [0.2, 0.25) is 0 Å². The zero-order valence-electron chi connectivity index (χ0n) is 15.2. The van der Waals surface area contributed by atoms with E-state index in [2.05, 4.69) is 24.8 Å². The second-order valence-electron chi connectivity index (χ2n) is 5.94. The molecule has 0 aliphatic carbocycles. The van der Waals surface area contributed by atoms with Crippen LogP contribution in [0.5, 0.6) is 5.88 Å². The molecule has 0 aromatic carbocycles. The lowest BCUT2D eigenvalue weighted by molar-refractivity contribution is 0.144. The third kappa shape index (κ3) is 3.62. The maximum atomic E-state index is 5.89. The van der Waals surface area contributed by atoms with E-state index >= 15 is 0 Å². The molecule has 4 heterocycles. The van der Waals surface area contributed by atoms with Crippen molar-refractivity contribution in [1.29, 1.82) is 0 Å². The first-order valence-corrected chi connectivity index (χ1v) is 9.11. The van der Waals surface area contributed by atoms with Crippen molar-refractivity contribution in [3.8, 4) is 11.6 Å². The lowest BCUT2D eigenvalue weighted by atomic mass is 10.4. The molecule has 0 fully saturated rings. The summed E-state index contributed by atoms with van der Waals surface area (Å²) in [6.07, 6.45) is 5.63. The smallest absolute Gasteiger partial charge is 0.244 e. The summed E-state index contributed by atoms with van der Waals surface area (Å²) in [6, 6.07) is 3.88. The highest BCUT2D eigenvalue weighted by atomic mass is 32.1. The number of aryl methyl sites for hydroxylation is 2. The fourth-order valence-corrected chi connectivity index (χ4v) is 3.33. The minimum absolute atomic E-state index is 0.389. The quantitative estimate of drug-likeness (QED) is 0.489. The highest BCUT2D eigenvalue weighted by Gasteiger charge is 2.16. The van der Waals surface area contributed by atoms with Gasteiger partial charge in [-0.15, -0.1) is 0 Å². The molecule has 0 atom stereocenters. The van der Waals surface area contributed by atoms with Crippen molar-refractivity contribution < 1.29 is 9.47 Å². The molecule has 0 aliphatic heterocycles. The number of fused-ring (bicyclic) bond motifs is 1. The van der Waals surface area contributed by atoms with Crippen molar-refractivity contribution in [3.63, 3.8) is 0 Å². The van der Waals surface area contributed by atoms with Crippen molar-refractivity contribution in [2.24, 2.45) is 7.05 Å². The van der Waals surface area contributed by atoms with E-state index in [9.17, 15) is 0 Å². The molecule has 140 valence electrons. The Morgan fingerprint density at radius 3 is 2.85 bits per heavy atom. The molecule has 27 heavy (non-hydrogen) atoms. The third-order valence-corrected chi connectivity index (χ3v) is 4.66. The summed E-state index contributed by atoms with van der Waals surface area (Å²) in [6.45, 7) is 2.80. The van der Waals surface area contributed by atoms with Gasteiger partial charge in [0.1, 0.15) is 17.1 Å². The number of methoxy groups -OCH3 is 1. The normalized spacial score (nSPS) is 11.2. The van der Waals surface area contributed by atoms with E-state index in [1.807, 2.05) is 43.1 Å². The summed E-state index contributed by atoms with van der Waals surface area (Å²) < 4.78 is 19.0. The van der Waals surface area contributed by atoms with Crippen LogP contribution >= 0.6 is 11.5 Å². The topological polar surface area (TPSA) is 91.9 Å². The molecule has 1 N–H and O–H groups in total. The first-order chi connectivity index (χ1) is 13.1. The number of ether oxygens (including phenoxy) is 2. The van der Waals surface area contributed by atoms with Crippen molar-refractivity contribution in [2.45, 2.75) is 6.92 Å². The lowest BCUT2D eigenvalue weighted by Gasteiger charge is -2.11. The zero-order valence-corrected chi connectivity index (χ0v) is 16.0. The van der Waals surface area contributed by atoms with Crippen LogP contribution in [-0.4, -0.2) is 49.0 Å². The van der Waals surface area contributed by atoms with Crippen molar-refractivity contribution in [2.75, 3.05) is 25.6 Å². The third-order valence-electron chi connectivity index (χ3n) is 3.86. The van der Waals surface area contributed by atoms with Gasteiger partial charge in [0, 0.05) is 26.6 Å². The molecule has 0 unspecified atom stereocenters. The number of aromatic nitrogens is 6. The fourth-order valence-electron chi connectivity index (χ4n) is 2.67. The maximum Gasteiger partial charge on any atom is 0.244 e. The Hall–Kier alpha value is -2.98. The SMILES string of the molecule is COCCOc1nc(Nc2cc(C)ns2)nc2ccn(-c3cnn(C)c3)c12. The van der Waals surface area contributed by atoms with Gasteiger partial charge in [-0.05, 0) is 30.6 Å². The van der Waals surface area contributed by atoms with E-state index in [4.69, 9.17) is 9.47 Å². The summed E-state index contributed by atoms with van der Waals surface area (Å²) in [5, 5.41) is 8.31. The maximum absolute atomic E-state index is 5.89. The summed E-state index contributed by atoms with van der Waals surface area (Å²) >= 11 is 1.36. The predicted molar refractivity (Wildman–Crippen MR) is 103 cm³/mol. The number of hydrogen-bond donors (Lipinski definition) is 1. The van der Waals surface area contributed by atoms with E-state index in [0.717, 1.165) is 27.4 Å². The molecule has 10 heteroatoms. The molecule has 0 radical (unpaired) electrons. The average molecular weight is 385 g/mol. The van der Waals surface area contributed by atoms with Crippen LogP contribution in [0.1, 0.15) is 5.69 Å². The van der Waals surface area contributed by atoms with Crippen molar-refractivity contribution in [1.82, 2.24) is 28.7 Å². The van der Waals surface area contributed by atoms with Crippen molar-refractivity contribution >= 4 is 33.5 Å².